The number of piperidine rings is 1. The number of rotatable bonds is 4. The predicted molar refractivity (Wildman–Crippen MR) is 89.9 cm³/mol. The number of carbonyl (C=O) groups is 1. The molecule has 0 unspecified atom stereocenters. The maximum Gasteiger partial charge on any atom is 0.264 e. The summed E-state index contributed by atoms with van der Waals surface area (Å²) in [6, 6.07) is 2.07. The largest absolute Gasteiger partial charge is 0.338 e. The number of hydrogen-bond acceptors (Lipinski definition) is 4. The number of thiophene rings is 1. The highest BCUT2D eigenvalue weighted by Gasteiger charge is 2.31. The van der Waals surface area contributed by atoms with Crippen LogP contribution in [0.5, 0.6) is 0 Å². The van der Waals surface area contributed by atoms with E-state index in [1.165, 1.54) is 18.4 Å². The summed E-state index contributed by atoms with van der Waals surface area (Å²) in [7, 11) is 0. The van der Waals surface area contributed by atoms with E-state index in [4.69, 9.17) is 0 Å². The second-order valence-electron chi connectivity index (χ2n) is 6.55. The van der Waals surface area contributed by atoms with Crippen molar-refractivity contribution in [2.24, 2.45) is 0 Å². The number of nitrogens with zero attached hydrogens (tertiary/aromatic N) is 3. The molecule has 2 aliphatic rings. The Morgan fingerprint density at radius 3 is 2.78 bits per heavy atom. The van der Waals surface area contributed by atoms with Crippen molar-refractivity contribution in [3.8, 4) is 0 Å². The Morgan fingerprint density at radius 1 is 1.30 bits per heavy atom. The first kappa shape index (κ1) is 14.9. The Balaban J connectivity index is 1.39. The molecule has 2 aromatic heterocycles. The molecule has 0 spiro atoms. The van der Waals surface area contributed by atoms with Crippen LogP contribution in [0, 0.1) is 0 Å². The predicted octanol–water partition coefficient (Wildman–Crippen LogP) is 3.33. The zero-order chi connectivity index (χ0) is 15.8. The number of aromatic amines is 1. The quantitative estimate of drug-likeness (QED) is 0.935. The third-order valence-corrected chi connectivity index (χ3v) is 5.90. The maximum atomic E-state index is 12.7. The summed E-state index contributed by atoms with van der Waals surface area (Å²) in [5.74, 6) is 3.21. The van der Waals surface area contributed by atoms with E-state index >= 15 is 0 Å². The molecule has 0 aromatic carbocycles. The highest BCUT2D eigenvalue weighted by molar-refractivity contribution is 7.12. The number of amides is 1. The smallest absolute Gasteiger partial charge is 0.264 e. The van der Waals surface area contributed by atoms with Crippen LogP contribution < -0.4 is 0 Å². The lowest BCUT2D eigenvalue weighted by atomic mass is 9.96. The number of hydrogen-bond donors (Lipinski definition) is 1. The Morgan fingerprint density at radius 2 is 2.09 bits per heavy atom. The van der Waals surface area contributed by atoms with Crippen LogP contribution in [0.3, 0.4) is 0 Å². The van der Waals surface area contributed by atoms with Crippen molar-refractivity contribution in [1.82, 2.24) is 20.1 Å². The zero-order valence-corrected chi connectivity index (χ0v) is 14.2. The summed E-state index contributed by atoms with van der Waals surface area (Å²) in [5.41, 5.74) is 1.17. The van der Waals surface area contributed by atoms with E-state index in [-0.39, 0.29) is 5.91 Å². The summed E-state index contributed by atoms with van der Waals surface area (Å²) in [6.45, 7) is 3.72. The highest BCUT2D eigenvalue weighted by Crippen LogP contribution is 2.38. The fraction of sp³-hybridized carbons (Fsp3) is 0.588. The number of aromatic nitrogens is 3. The summed E-state index contributed by atoms with van der Waals surface area (Å²) in [4.78, 5) is 20.3. The van der Waals surface area contributed by atoms with Crippen LogP contribution in [-0.4, -0.2) is 39.1 Å². The summed E-state index contributed by atoms with van der Waals surface area (Å²) < 4.78 is 0. The van der Waals surface area contributed by atoms with Crippen molar-refractivity contribution in [3.05, 3.63) is 33.5 Å². The van der Waals surface area contributed by atoms with Gasteiger partial charge < -0.3 is 4.90 Å². The van der Waals surface area contributed by atoms with Crippen LogP contribution in [0.15, 0.2) is 11.4 Å². The van der Waals surface area contributed by atoms with Gasteiger partial charge in [0, 0.05) is 24.9 Å². The summed E-state index contributed by atoms with van der Waals surface area (Å²) >= 11 is 1.57. The molecule has 0 atom stereocenters. The molecule has 1 saturated heterocycles. The Bertz CT molecular complexity index is 695. The number of aryl methyl sites for hydroxylation is 1. The Kier molecular flexibility index (Phi) is 3.93. The van der Waals surface area contributed by atoms with Crippen LogP contribution in [0.2, 0.25) is 0 Å². The van der Waals surface area contributed by atoms with E-state index in [1.807, 2.05) is 10.3 Å². The molecule has 122 valence electrons. The number of likely N-dealkylation sites (tertiary alicyclic amines) is 1. The van der Waals surface area contributed by atoms with Gasteiger partial charge >= 0.3 is 0 Å². The van der Waals surface area contributed by atoms with Crippen molar-refractivity contribution in [3.63, 3.8) is 0 Å². The first-order valence-corrected chi connectivity index (χ1v) is 9.42. The second kappa shape index (κ2) is 6.07. The van der Waals surface area contributed by atoms with Gasteiger partial charge in [0.1, 0.15) is 5.82 Å². The average molecular weight is 330 g/mol. The molecule has 5 nitrogen and oxygen atoms in total. The minimum Gasteiger partial charge on any atom is -0.338 e. The van der Waals surface area contributed by atoms with E-state index in [0.29, 0.717) is 11.8 Å². The van der Waals surface area contributed by atoms with Gasteiger partial charge in [0.2, 0.25) is 0 Å². The lowest BCUT2D eigenvalue weighted by molar-refractivity contribution is 0.0715. The van der Waals surface area contributed by atoms with Crippen LogP contribution in [0.4, 0.5) is 0 Å². The van der Waals surface area contributed by atoms with Gasteiger partial charge in [0.05, 0.1) is 4.88 Å². The van der Waals surface area contributed by atoms with Gasteiger partial charge in [-0.05, 0) is 49.1 Å². The molecule has 1 aliphatic carbocycles. The van der Waals surface area contributed by atoms with Gasteiger partial charge in [-0.1, -0.05) is 6.92 Å². The Labute approximate surface area is 140 Å². The van der Waals surface area contributed by atoms with Crippen LogP contribution >= 0.6 is 11.3 Å². The fourth-order valence-corrected chi connectivity index (χ4v) is 4.26. The lowest BCUT2D eigenvalue weighted by Crippen LogP contribution is -2.38. The normalized spacial score (nSPS) is 19.3. The average Bonchev–Trinajstić information content (AvgIpc) is 3.14. The molecular weight excluding hydrogens is 308 g/mol. The van der Waals surface area contributed by atoms with Crippen molar-refractivity contribution in [2.75, 3.05) is 13.1 Å². The van der Waals surface area contributed by atoms with Crippen LogP contribution in [0.25, 0.3) is 0 Å². The van der Waals surface area contributed by atoms with Crippen molar-refractivity contribution >= 4 is 17.2 Å². The maximum absolute atomic E-state index is 12.7. The minimum absolute atomic E-state index is 0.200. The molecule has 0 radical (unpaired) electrons. The SMILES string of the molecule is CCc1ccsc1C(=O)N1CCC(c2nc(C3CC3)n[nH]2)CC1. The minimum atomic E-state index is 0.200. The van der Waals surface area contributed by atoms with Gasteiger partial charge in [0.25, 0.3) is 5.91 Å². The molecule has 1 amide bonds. The molecule has 1 N–H and O–H groups in total. The van der Waals surface area contributed by atoms with Gasteiger partial charge in [-0.2, -0.15) is 5.10 Å². The van der Waals surface area contributed by atoms with Gasteiger partial charge in [-0.3, -0.25) is 9.89 Å². The molecule has 23 heavy (non-hydrogen) atoms. The van der Waals surface area contributed by atoms with Gasteiger partial charge in [-0.25, -0.2) is 4.98 Å². The van der Waals surface area contributed by atoms with Gasteiger partial charge in [0.15, 0.2) is 5.82 Å². The Hall–Kier alpha value is -1.69. The lowest BCUT2D eigenvalue weighted by Gasteiger charge is -2.31. The molecule has 3 heterocycles. The molecule has 1 aliphatic heterocycles. The standard InChI is InChI=1S/C17H22N4OS/c1-2-11-7-10-23-14(11)17(22)21-8-5-13(6-9-21)16-18-15(19-20-16)12-3-4-12/h7,10,12-13H,2-6,8-9H2,1H3,(H,18,19,20). The molecule has 2 fully saturated rings. The third kappa shape index (κ3) is 2.92. The molecule has 0 bridgehead atoms. The highest BCUT2D eigenvalue weighted by atomic mass is 32.1. The van der Waals surface area contributed by atoms with E-state index in [1.54, 1.807) is 11.3 Å². The first-order chi connectivity index (χ1) is 11.3. The monoisotopic (exact) mass is 330 g/mol. The summed E-state index contributed by atoms with van der Waals surface area (Å²) in [5, 5.41) is 9.50. The van der Waals surface area contributed by atoms with E-state index in [0.717, 1.165) is 48.9 Å². The van der Waals surface area contributed by atoms with Crippen molar-refractivity contribution in [1.29, 1.82) is 0 Å². The number of H-pyrrole nitrogens is 1. The fourth-order valence-electron chi connectivity index (χ4n) is 3.30. The molecule has 6 heteroatoms. The van der Waals surface area contributed by atoms with Crippen LogP contribution in [-0.2, 0) is 6.42 Å². The van der Waals surface area contributed by atoms with Crippen molar-refractivity contribution < 1.29 is 4.79 Å². The first-order valence-electron chi connectivity index (χ1n) is 8.54. The second-order valence-corrected chi connectivity index (χ2v) is 7.46. The van der Waals surface area contributed by atoms with E-state index < -0.39 is 0 Å². The van der Waals surface area contributed by atoms with Gasteiger partial charge in [-0.15, -0.1) is 11.3 Å². The molecule has 4 rings (SSSR count). The number of carbonyl (C=O) groups excluding carboxylic acids is 1. The molecule has 2 aromatic rings. The third-order valence-electron chi connectivity index (χ3n) is 4.95. The zero-order valence-electron chi connectivity index (χ0n) is 13.4. The van der Waals surface area contributed by atoms with E-state index in [9.17, 15) is 4.79 Å². The topological polar surface area (TPSA) is 61.9 Å². The van der Waals surface area contributed by atoms with Crippen molar-refractivity contribution in [2.45, 2.75) is 50.9 Å². The number of nitrogens with one attached hydrogen (secondary N) is 1. The van der Waals surface area contributed by atoms with E-state index in [2.05, 4.69) is 28.2 Å². The summed E-state index contributed by atoms with van der Waals surface area (Å²) in [6.07, 6.45) is 5.31. The molecule has 1 saturated carbocycles. The molecular formula is C17H22N4OS. The van der Waals surface area contributed by atoms with Crippen LogP contribution in [0.1, 0.15) is 71.3 Å².